The smallest absolute Gasteiger partial charge is 0.330 e. The van der Waals surface area contributed by atoms with Crippen molar-refractivity contribution in [3.05, 3.63) is 59.2 Å². The highest BCUT2D eigenvalue weighted by atomic mass is 16.5. The number of esters is 1. The van der Waals surface area contributed by atoms with Crippen LogP contribution < -0.4 is 0 Å². The van der Waals surface area contributed by atoms with E-state index in [0.29, 0.717) is 12.5 Å². The zero-order valence-corrected chi connectivity index (χ0v) is 15.4. The van der Waals surface area contributed by atoms with Gasteiger partial charge in [-0.1, -0.05) is 37.6 Å². The lowest BCUT2D eigenvalue weighted by Gasteiger charge is -2.06. The second kappa shape index (κ2) is 8.00. The second-order valence-corrected chi connectivity index (χ2v) is 6.38. The summed E-state index contributed by atoms with van der Waals surface area (Å²) in [7, 11) is 0. The maximum atomic E-state index is 11.9. The van der Waals surface area contributed by atoms with E-state index < -0.39 is 0 Å². The van der Waals surface area contributed by atoms with Crippen molar-refractivity contribution >= 4 is 23.1 Å². The van der Waals surface area contributed by atoms with E-state index in [1.165, 1.54) is 6.08 Å². The molecular formula is C22H23NO3. The third kappa shape index (κ3) is 4.02. The van der Waals surface area contributed by atoms with Crippen molar-refractivity contribution < 1.29 is 13.9 Å². The van der Waals surface area contributed by atoms with Crippen LogP contribution in [0.25, 0.3) is 28.6 Å². The van der Waals surface area contributed by atoms with Gasteiger partial charge in [0.05, 0.1) is 6.61 Å². The van der Waals surface area contributed by atoms with E-state index in [4.69, 9.17) is 9.15 Å². The van der Waals surface area contributed by atoms with E-state index in [1.54, 1.807) is 6.08 Å². The van der Waals surface area contributed by atoms with Crippen molar-refractivity contribution in [1.82, 2.24) is 4.98 Å². The van der Waals surface area contributed by atoms with Crippen molar-refractivity contribution in [2.45, 2.75) is 33.6 Å². The largest absolute Gasteiger partial charge is 0.463 e. The Bertz CT molecular complexity index is 953. The van der Waals surface area contributed by atoms with Crippen LogP contribution in [0.2, 0.25) is 0 Å². The van der Waals surface area contributed by atoms with Gasteiger partial charge in [0.1, 0.15) is 5.52 Å². The highest BCUT2D eigenvalue weighted by molar-refractivity contribution is 5.89. The molecule has 3 rings (SSSR count). The van der Waals surface area contributed by atoms with Crippen LogP contribution in [0.1, 0.15) is 36.5 Å². The van der Waals surface area contributed by atoms with Gasteiger partial charge in [-0.25, -0.2) is 9.78 Å². The summed E-state index contributed by atoms with van der Waals surface area (Å²) in [5.74, 6) is 0.224. The van der Waals surface area contributed by atoms with Gasteiger partial charge in [0.2, 0.25) is 5.89 Å². The van der Waals surface area contributed by atoms with Crippen LogP contribution in [0.3, 0.4) is 0 Å². The molecule has 4 nitrogen and oxygen atoms in total. The minimum Gasteiger partial charge on any atom is -0.463 e. The molecule has 0 unspecified atom stereocenters. The number of aryl methyl sites for hydroxylation is 2. The summed E-state index contributed by atoms with van der Waals surface area (Å²) >= 11 is 0. The molecule has 0 spiro atoms. The molecule has 2 aromatic carbocycles. The van der Waals surface area contributed by atoms with Crippen LogP contribution in [0.15, 0.2) is 46.9 Å². The lowest BCUT2D eigenvalue weighted by molar-refractivity contribution is -0.137. The number of hydrogen-bond donors (Lipinski definition) is 0. The average Bonchev–Trinajstić information content (AvgIpc) is 3.02. The van der Waals surface area contributed by atoms with Gasteiger partial charge < -0.3 is 9.15 Å². The van der Waals surface area contributed by atoms with Crippen LogP contribution in [0.5, 0.6) is 0 Å². The molecule has 0 bridgehead atoms. The number of ether oxygens (including phenoxy) is 1. The predicted octanol–water partition coefficient (Wildman–Crippen LogP) is 5.47. The summed E-state index contributed by atoms with van der Waals surface area (Å²) < 4.78 is 11.1. The number of oxazole rings is 1. The molecule has 3 aromatic rings. The molecular weight excluding hydrogens is 326 g/mol. The molecule has 0 fully saturated rings. The van der Waals surface area contributed by atoms with Crippen molar-refractivity contribution in [1.29, 1.82) is 0 Å². The number of carbonyl (C=O) groups excluding carboxylic acids is 1. The number of hydrogen-bond acceptors (Lipinski definition) is 4. The van der Waals surface area contributed by atoms with Gasteiger partial charge in [0.15, 0.2) is 5.58 Å². The van der Waals surface area contributed by atoms with E-state index in [0.717, 1.165) is 46.2 Å². The number of benzene rings is 2. The first-order valence-corrected chi connectivity index (χ1v) is 8.90. The van der Waals surface area contributed by atoms with Crippen molar-refractivity contribution in [2.24, 2.45) is 0 Å². The molecule has 0 amide bonds. The number of nitrogens with zero attached hydrogens (tertiary/aromatic N) is 1. The quantitative estimate of drug-likeness (QED) is 0.336. The fourth-order valence-corrected chi connectivity index (χ4v) is 2.79. The van der Waals surface area contributed by atoms with Crippen molar-refractivity contribution in [2.75, 3.05) is 6.61 Å². The van der Waals surface area contributed by atoms with Crippen LogP contribution in [0.4, 0.5) is 0 Å². The van der Waals surface area contributed by atoms with Crippen LogP contribution >= 0.6 is 0 Å². The Morgan fingerprint density at radius 3 is 2.88 bits per heavy atom. The third-order valence-corrected chi connectivity index (χ3v) is 4.20. The molecule has 26 heavy (non-hydrogen) atoms. The van der Waals surface area contributed by atoms with Gasteiger partial charge in [-0.2, -0.15) is 0 Å². The van der Waals surface area contributed by atoms with Crippen LogP contribution in [-0.4, -0.2) is 17.6 Å². The molecule has 4 heteroatoms. The molecule has 0 N–H and O–H groups in total. The molecule has 0 atom stereocenters. The first-order valence-electron chi connectivity index (χ1n) is 8.90. The third-order valence-electron chi connectivity index (χ3n) is 4.20. The van der Waals surface area contributed by atoms with Gasteiger partial charge in [-0.05, 0) is 55.2 Å². The Kier molecular flexibility index (Phi) is 5.52. The van der Waals surface area contributed by atoms with Gasteiger partial charge in [0.25, 0.3) is 0 Å². The topological polar surface area (TPSA) is 52.3 Å². The zero-order chi connectivity index (χ0) is 18.5. The number of fused-ring (bicyclic) bond motifs is 1. The average molecular weight is 349 g/mol. The first-order chi connectivity index (χ1) is 12.6. The molecule has 0 aliphatic heterocycles. The molecule has 134 valence electrons. The van der Waals surface area contributed by atoms with Gasteiger partial charge in [0, 0.05) is 11.6 Å². The minimum absolute atomic E-state index is 0.334. The lowest BCUT2D eigenvalue weighted by atomic mass is 10.0. The van der Waals surface area contributed by atoms with E-state index in [1.807, 2.05) is 50.2 Å². The number of aromatic nitrogens is 1. The fourth-order valence-electron chi connectivity index (χ4n) is 2.79. The van der Waals surface area contributed by atoms with Crippen molar-refractivity contribution in [3.63, 3.8) is 0 Å². The van der Waals surface area contributed by atoms with Crippen molar-refractivity contribution in [3.8, 4) is 11.5 Å². The predicted molar refractivity (Wildman–Crippen MR) is 104 cm³/mol. The number of unbranched alkanes of at least 4 members (excludes halogenated alkanes) is 1. The van der Waals surface area contributed by atoms with Gasteiger partial charge in [-0.3, -0.25) is 0 Å². The first kappa shape index (κ1) is 17.9. The fraction of sp³-hybridized carbons (Fsp3) is 0.273. The van der Waals surface area contributed by atoms with Crippen LogP contribution in [-0.2, 0) is 9.53 Å². The summed E-state index contributed by atoms with van der Waals surface area (Å²) in [4.78, 5) is 16.5. The lowest BCUT2D eigenvalue weighted by Crippen LogP contribution is -2.01. The van der Waals surface area contributed by atoms with Crippen LogP contribution in [0, 0.1) is 13.8 Å². The van der Waals surface area contributed by atoms with E-state index in [-0.39, 0.29) is 5.97 Å². The highest BCUT2D eigenvalue weighted by Gasteiger charge is 2.14. The monoisotopic (exact) mass is 349 g/mol. The maximum Gasteiger partial charge on any atom is 0.330 e. The Labute approximate surface area is 153 Å². The SMILES string of the molecule is CCCCOC(=O)/C=C/c1cccc(C)c1-c1nc2cc(C)ccc2o1. The highest BCUT2D eigenvalue weighted by Crippen LogP contribution is 2.31. The molecule has 0 radical (unpaired) electrons. The van der Waals surface area contributed by atoms with Gasteiger partial charge >= 0.3 is 5.97 Å². The Morgan fingerprint density at radius 2 is 2.08 bits per heavy atom. The van der Waals surface area contributed by atoms with Gasteiger partial charge in [-0.15, -0.1) is 0 Å². The molecule has 0 saturated heterocycles. The Hall–Kier alpha value is -2.88. The van der Waals surface area contributed by atoms with E-state index >= 15 is 0 Å². The minimum atomic E-state index is -0.334. The standard InChI is InChI=1S/C22H23NO3/c1-4-5-13-25-20(24)12-10-17-8-6-7-16(3)21(17)22-23-18-14-15(2)9-11-19(18)26-22/h6-12,14H,4-5,13H2,1-3H3/b12-10+. The summed E-state index contributed by atoms with van der Waals surface area (Å²) in [6, 6.07) is 11.8. The molecule has 1 aromatic heterocycles. The molecule has 0 saturated carbocycles. The number of carbonyl (C=O) groups is 1. The molecule has 0 aliphatic rings. The summed E-state index contributed by atoms with van der Waals surface area (Å²) in [5, 5.41) is 0. The zero-order valence-electron chi connectivity index (χ0n) is 15.4. The number of rotatable bonds is 6. The summed E-state index contributed by atoms with van der Waals surface area (Å²) in [6.45, 7) is 6.54. The van der Waals surface area contributed by atoms with E-state index in [9.17, 15) is 4.79 Å². The molecule has 1 heterocycles. The Morgan fingerprint density at radius 1 is 1.23 bits per heavy atom. The molecule has 0 aliphatic carbocycles. The Balaban J connectivity index is 1.93. The normalized spacial score (nSPS) is 11.3. The second-order valence-electron chi connectivity index (χ2n) is 6.38. The maximum absolute atomic E-state index is 11.9. The summed E-state index contributed by atoms with van der Waals surface area (Å²) in [6.07, 6.45) is 5.09. The van der Waals surface area contributed by atoms with E-state index in [2.05, 4.69) is 11.9 Å². The summed E-state index contributed by atoms with van der Waals surface area (Å²) in [5.41, 5.74) is 5.52.